The molecule has 1 atom stereocenters. The van der Waals surface area contributed by atoms with E-state index in [4.69, 9.17) is 21.7 Å². The van der Waals surface area contributed by atoms with Gasteiger partial charge >= 0.3 is 0 Å². The van der Waals surface area contributed by atoms with Gasteiger partial charge in [-0.05, 0) is 84.1 Å². The van der Waals surface area contributed by atoms with Gasteiger partial charge in [-0.2, -0.15) is 0 Å². The summed E-state index contributed by atoms with van der Waals surface area (Å²) >= 11 is 5.53. The van der Waals surface area contributed by atoms with Crippen LogP contribution in [0.5, 0.6) is 11.5 Å². The molecule has 28 heavy (non-hydrogen) atoms. The number of thiocarbonyl (C=S) groups is 1. The molecular weight excluding hydrogens is 368 g/mol. The number of ether oxygens (including phenoxy) is 2. The van der Waals surface area contributed by atoms with Crippen molar-refractivity contribution in [3.63, 3.8) is 0 Å². The van der Waals surface area contributed by atoms with Crippen molar-refractivity contribution < 1.29 is 9.47 Å². The molecule has 0 fully saturated rings. The van der Waals surface area contributed by atoms with Gasteiger partial charge in [0.1, 0.15) is 11.5 Å². The predicted octanol–water partition coefficient (Wildman–Crippen LogP) is 4.74. The first-order valence-electron chi connectivity index (χ1n) is 9.47. The normalized spacial score (nSPS) is 20.3. The summed E-state index contributed by atoms with van der Waals surface area (Å²) in [5, 5.41) is 7.53. The maximum atomic E-state index is 5.53. The largest absolute Gasteiger partial charge is 0.497 e. The molecule has 0 saturated carbocycles. The van der Waals surface area contributed by atoms with Gasteiger partial charge in [-0.3, -0.25) is 0 Å². The fourth-order valence-corrected chi connectivity index (χ4v) is 4.09. The Hall–Kier alpha value is -2.79. The zero-order valence-corrected chi connectivity index (χ0v) is 16.9. The molecule has 0 spiro atoms. The number of hydrogen-bond donors (Lipinski definition) is 2. The van der Waals surface area contributed by atoms with E-state index in [2.05, 4.69) is 41.0 Å². The molecule has 2 aliphatic rings. The van der Waals surface area contributed by atoms with E-state index in [9.17, 15) is 0 Å². The van der Waals surface area contributed by atoms with Gasteiger partial charge in [-0.15, -0.1) is 0 Å². The summed E-state index contributed by atoms with van der Waals surface area (Å²) in [5.74, 6) is 1.73. The highest BCUT2D eigenvalue weighted by molar-refractivity contribution is 7.80. The Bertz CT molecular complexity index is 930. The summed E-state index contributed by atoms with van der Waals surface area (Å²) in [5.41, 5.74) is 6.20. The van der Waals surface area contributed by atoms with Crippen LogP contribution < -0.4 is 20.1 Å². The first kappa shape index (κ1) is 18.6. The average molecular weight is 393 g/mol. The van der Waals surface area contributed by atoms with Crippen LogP contribution in [-0.4, -0.2) is 19.3 Å². The highest BCUT2D eigenvalue weighted by atomic mass is 32.1. The molecule has 0 radical (unpaired) electrons. The Morgan fingerprint density at radius 2 is 1.57 bits per heavy atom. The first-order chi connectivity index (χ1) is 13.7. The number of nitrogens with one attached hydrogen (secondary N) is 2. The standard InChI is InChI=1S/C23H24N2O2S/c1-26-18-10-6-15(7-11-18)14-17-4-3-5-20-21(24-23(28)25-22(17)20)16-8-12-19(27-2)13-9-16/h6-14,21H,3-5H2,1-2H3,(H2,24,25,28)/b17-14+. The number of benzene rings is 2. The molecule has 1 heterocycles. The Balaban J connectivity index is 1.70. The minimum absolute atomic E-state index is 0.0919. The number of rotatable bonds is 4. The third-order valence-corrected chi connectivity index (χ3v) is 5.52. The van der Waals surface area contributed by atoms with Crippen molar-refractivity contribution in [3.8, 4) is 11.5 Å². The molecule has 4 rings (SSSR count). The molecule has 144 valence electrons. The monoisotopic (exact) mass is 392 g/mol. The zero-order chi connectivity index (χ0) is 19.5. The lowest BCUT2D eigenvalue weighted by molar-refractivity contribution is 0.414. The van der Waals surface area contributed by atoms with Crippen molar-refractivity contribution >= 4 is 23.4 Å². The van der Waals surface area contributed by atoms with Crippen molar-refractivity contribution in [2.24, 2.45) is 0 Å². The summed E-state index contributed by atoms with van der Waals surface area (Å²) < 4.78 is 10.6. The van der Waals surface area contributed by atoms with Crippen molar-refractivity contribution in [2.45, 2.75) is 25.3 Å². The van der Waals surface area contributed by atoms with Gasteiger partial charge in [0.2, 0.25) is 0 Å². The van der Waals surface area contributed by atoms with E-state index in [1.54, 1.807) is 14.2 Å². The van der Waals surface area contributed by atoms with E-state index in [0.29, 0.717) is 5.11 Å². The minimum Gasteiger partial charge on any atom is -0.497 e. The molecule has 2 N–H and O–H groups in total. The van der Waals surface area contributed by atoms with E-state index in [1.807, 2.05) is 24.3 Å². The van der Waals surface area contributed by atoms with Gasteiger partial charge in [0, 0.05) is 5.70 Å². The fourth-order valence-electron chi connectivity index (χ4n) is 3.87. The minimum atomic E-state index is 0.0919. The van der Waals surface area contributed by atoms with Gasteiger partial charge in [0.05, 0.1) is 20.3 Å². The Kier molecular flexibility index (Phi) is 5.35. The van der Waals surface area contributed by atoms with Crippen molar-refractivity contribution in [1.82, 2.24) is 10.6 Å². The van der Waals surface area contributed by atoms with Crippen molar-refractivity contribution in [2.75, 3.05) is 14.2 Å². The first-order valence-corrected chi connectivity index (χ1v) is 9.88. The van der Waals surface area contributed by atoms with Crippen molar-refractivity contribution in [1.29, 1.82) is 0 Å². The van der Waals surface area contributed by atoms with Crippen LogP contribution >= 0.6 is 12.2 Å². The molecule has 0 amide bonds. The molecule has 0 saturated heterocycles. The molecule has 5 heteroatoms. The van der Waals surface area contributed by atoms with E-state index in [-0.39, 0.29) is 6.04 Å². The van der Waals surface area contributed by atoms with E-state index in [1.165, 1.54) is 22.4 Å². The summed E-state index contributed by atoms with van der Waals surface area (Å²) in [6, 6.07) is 16.5. The third-order valence-electron chi connectivity index (χ3n) is 5.30. The second-order valence-corrected chi connectivity index (χ2v) is 7.41. The molecule has 1 unspecified atom stereocenters. The third kappa shape index (κ3) is 3.76. The smallest absolute Gasteiger partial charge is 0.171 e. The molecule has 1 aliphatic heterocycles. The van der Waals surface area contributed by atoms with Crippen molar-refractivity contribution in [3.05, 3.63) is 76.5 Å². The lowest BCUT2D eigenvalue weighted by Gasteiger charge is -2.36. The molecule has 1 aliphatic carbocycles. The quantitative estimate of drug-likeness (QED) is 0.736. The lowest BCUT2D eigenvalue weighted by Crippen LogP contribution is -2.45. The number of hydrogen-bond acceptors (Lipinski definition) is 3. The van der Waals surface area contributed by atoms with Crippen LogP contribution in [0.2, 0.25) is 0 Å². The summed E-state index contributed by atoms with van der Waals surface area (Å²) in [6.07, 6.45) is 5.47. The second kappa shape index (κ2) is 8.07. The molecule has 4 nitrogen and oxygen atoms in total. The van der Waals surface area contributed by atoms with E-state index >= 15 is 0 Å². The van der Waals surface area contributed by atoms with Gasteiger partial charge in [-0.1, -0.05) is 24.3 Å². The molecule has 0 bridgehead atoms. The average Bonchev–Trinajstić information content (AvgIpc) is 2.74. The van der Waals surface area contributed by atoms with Gasteiger partial charge in [0.25, 0.3) is 0 Å². The van der Waals surface area contributed by atoms with Crippen LogP contribution in [0.4, 0.5) is 0 Å². The lowest BCUT2D eigenvalue weighted by atomic mass is 9.83. The summed E-state index contributed by atoms with van der Waals surface area (Å²) in [6.45, 7) is 0. The highest BCUT2D eigenvalue weighted by Gasteiger charge is 2.30. The molecule has 2 aromatic carbocycles. The Labute approximate surface area is 171 Å². The molecule has 2 aromatic rings. The number of methoxy groups -OCH3 is 2. The van der Waals surface area contributed by atoms with Gasteiger partial charge < -0.3 is 20.1 Å². The summed E-state index contributed by atoms with van der Waals surface area (Å²) in [7, 11) is 3.37. The topological polar surface area (TPSA) is 42.5 Å². The Morgan fingerprint density at radius 1 is 0.929 bits per heavy atom. The maximum Gasteiger partial charge on any atom is 0.171 e. The Morgan fingerprint density at radius 3 is 2.21 bits per heavy atom. The molecular formula is C23H24N2O2S. The maximum absolute atomic E-state index is 5.53. The van der Waals surface area contributed by atoms with Gasteiger partial charge in [-0.25, -0.2) is 0 Å². The van der Waals surface area contributed by atoms with Crippen LogP contribution in [0.3, 0.4) is 0 Å². The molecule has 0 aromatic heterocycles. The highest BCUT2D eigenvalue weighted by Crippen LogP contribution is 2.39. The van der Waals surface area contributed by atoms with Crippen LogP contribution in [0.15, 0.2) is 65.4 Å². The van der Waals surface area contributed by atoms with Crippen LogP contribution in [0, 0.1) is 0 Å². The van der Waals surface area contributed by atoms with E-state index < -0.39 is 0 Å². The summed E-state index contributed by atoms with van der Waals surface area (Å²) in [4.78, 5) is 0. The van der Waals surface area contributed by atoms with Crippen LogP contribution in [0.1, 0.15) is 36.4 Å². The number of allylic oxidation sites excluding steroid dienone is 1. The zero-order valence-electron chi connectivity index (χ0n) is 16.1. The second-order valence-electron chi connectivity index (χ2n) is 7.00. The SMILES string of the molecule is COc1ccc(/C=C2\CCCC3=C2NC(=S)NC3c2ccc(OC)cc2)cc1. The van der Waals surface area contributed by atoms with Crippen LogP contribution in [-0.2, 0) is 0 Å². The van der Waals surface area contributed by atoms with Gasteiger partial charge in [0.15, 0.2) is 5.11 Å². The van der Waals surface area contributed by atoms with Crippen LogP contribution in [0.25, 0.3) is 6.08 Å². The van der Waals surface area contributed by atoms with E-state index in [0.717, 1.165) is 36.3 Å². The fraction of sp³-hybridized carbons (Fsp3) is 0.261. The predicted molar refractivity (Wildman–Crippen MR) is 116 cm³/mol.